The van der Waals surface area contributed by atoms with E-state index < -0.39 is 0 Å². The summed E-state index contributed by atoms with van der Waals surface area (Å²) in [5.74, 6) is 0.392. The van der Waals surface area contributed by atoms with Crippen molar-refractivity contribution in [1.29, 1.82) is 0 Å². The molecule has 0 amide bonds. The second kappa shape index (κ2) is 6.31. The van der Waals surface area contributed by atoms with Crippen molar-refractivity contribution in [1.82, 2.24) is 10.1 Å². The summed E-state index contributed by atoms with van der Waals surface area (Å²) in [6.07, 6.45) is 0. The van der Waals surface area contributed by atoms with Crippen molar-refractivity contribution >= 4 is 11.7 Å². The highest BCUT2D eigenvalue weighted by molar-refractivity contribution is 5.55. The van der Waals surface area contributed by atoms with Crippen LogP contribution < -0.4 is 9.80 Å². The van der Waals surface area contributed by atoms with E-state index in [9.17, 15) is 4.39 Å². The summed E-state index contributed by atoms with van der Waals surface area (Å²) in [5, 5.41) is 4.07. The van der Waals surface area contributed by atoms with E-state index in [0.29, 0.717) is 11.8 Å². The number of anilines is 2. The predicted octanol–water partition coefficient (Wildman–Crippen LogP) is 3.20. The van der Waals surface area contributed by atoms with Gasteiger partial charge in [0, 0.05) is 37.4 Å². The molecule has 2 heterocycles. The lowest BCUT2D eigenvalue weighted by Crippen LogP contribution is -2.46. The monoisotopic (exact) mass is 324 g/mol. The summed E-state index contributed by atoms with van der Waals surface area (Å²) in [4.78, 5) is 8.80. The van der Waals surface area contributed by atoms with Gasteiger partial charge in [0.15, 0.2) is 0 Å². The van der Waals surface area contributed by atoms with Gasteiger partial charge >= 0.3 is 6.01 Å². The molecule has 1 aromatic heterocycles. The van der Waals surface area contributed by atoms with Crippen molar-refractivity contribution in [2.24, 2.45) is 0 Å². The summed E-state index contributed by atoms with van der Waals surface area (Å²) in [6.45, 7) is 3.23. The SMILES string of the molecule is Fc1ccc(N2CCN(c3nc(-c4ccccc4)no3)CC2)cc1. The van der Waals surface area contributed by atoms with Gasteiger partial charge in [-0.3, -0.25) is 0 Å². The zero-order chi connectivity index (χ0) is 16.4. The molecule has 0 bridgehead atoms. The van der Waals surface area contributed by atoms with Crippen molar-refractivity contribution in [3.05, 3.63) is 60.4 Å². The predicted molar refractivity (Wildman–Crippen MR) is 90.6 cm³/mol. The van der Waals surface area contributed by atoms with E-state index >= 15 is 0 Å². The Balaban J connectivity index is 1.43. The van der Waals surface area contributed by atoms with Crippen molar-refractivity contribution in [2.45, 2.75) is 0 Å². The molecule has 1 aliphatic rings. The molecule has 2 aromatic carbocycles. The van der Waals surface area contributed by atoms with Gasteiger partial charge in [0.1, 0.15) is 5.82 Å². The molecule has 4 rings (SSSR count). The molecular weight excluding hydrogens is 307 g/mol. The molecule has 24 heavy (non-hydrogen) atoms. The number of aromatic nitrogens is 2. The van der Waals surface area contributed by atoms with Gasteiger partial charge in [-0.2, -0.15) is 4.98 Å². The van der Waals surface area contributed by atoms with Gasteiger partial charge in [-0.15, -0.1) is 0 Å². The van der Waals surface area contributed by atoms with E-state index in [2.05, 4.69) is 19.9 Å². The lowest BCUT2D eigenvalue weighted by molar-refractivity contribution is 0.409. The van der Waals surface area contributed by atoms with Gasteiger partial charge in [0.05, 0.1) is 0 Å². The van der Waals surface area contributed by atoms with Gasteiger partial charge in [0.2, 0.25) is 5.82 Å². The van der Waals surface area contributed by atoms with Crippen molar-refractivity contribution in [3.63, 3.8) is 0 Å². The number of benzene rings is 2. The smallest absolute Gasteiger partial charge is 0.324 e. The number of hydrogen-bond donors (Lipinski definition) is 0. The Labute approximate surface area is 139 Å². The summed E-state index contributed by atoms with van der Waals surface area (Å²) in [5.41, 5.74) is 1.98. The molecular formula is C18H17FN4O. The van der Waals surface area contributed by atoms with E-state index in [1.807, 2.05) is 42.5 Å². The van der Waals surface area contributed by atoms with Crippen molar-refractivity contribution in [3.8, 4) is 11.4 Å². The van der Waals surface area contributed by atoms with Crippen LogP contribution in [0.1, 0.15) is 0 Å². The van der Waals surface area contributed by atoms with Crippen LogP contribution in [0.4, 0.5) is 16.1 Å². The van der Waals surface area contributed by atoms with Gasteiger partial charge in [-0.05, 0) is 24.3 Å². The van der Waals surface area contributed by atoms with Crippen LogP contribution >= 0.6 is 0 Å². The molecule has 0 unspecified atom stereocenters. The Bertz CT molecular complexity index is 795. The number of rotatable bonds is 3. The molecule has 3 aromatic rings. The fourth-order valence-electron chi connectivity index (χ4n) is 2.86. The van der Waals surface area contributed by atoms with E-state index in [1.165, 1.54) is 12.1 Å². The maximum atomic E-state index is 13.0. The first-order chi connectivity index (χ1) is 11.8. The Morgan fingerprint density at radius 1 is 0.833 bits per heavy atom. The highest BCUT2D eigenvalue weighted by Gasteiger charge is 2.22. The largest absolute Gasteiger partial charge is 0.368 e. The van der Waals surface area contributed by atoms with Crippen molar-refractivity contribution < 1.29 is 8.91 Å². The number of halogens is 1. The third kappa shape index (κ3) is 2.95. The van der Waals surface area contributed by atoms with Crippen LogP contribution in [-0.2, 0) is 0 Å². The molecule has 5 nitrogen and oxygen atoms in total. The fourth-order valence-corrected chi connectivity index (χ4v) is 2.86. The summed E-state index contributed by atoms with van der Waals surface area (Å²) in [6, 6.07) is 16.9. The van der Waals surface area contributed by atoms with Crippen LogP contribution in [0.3, 0.4) is 0 Å². The normalized spacial score (nSPS) is 14.9. The Hall–Kier alpha value is -2.89. The molecule has 1 aliphatic heterocycles. The maximum Gasteiger partial charge on any atom is 0.324 e. The molecule has 1 saturated heterocycles. The Morgan fingerprint density at radius 3 is 2.21 bits per heavy atom. The fraction of sp³-hybridized carbons (Fsp3) is 0.222. The topological polar surface area (TPSA) is 45.4 Å². The van der Waals surface area contributed by atoms with Gasteiger partial charge in [0.25, 0.3) is 0 Å². The zero-order valence-corrected chi connectivity index (χ0v) is 13.1. The molecule has 6 heteroatoms. The Kier molecular flexibility index (Phi) is 3.86. The highest BCUT2D eigenvalue weighted by atomic mass is 19.1. The minimum Gasteiger partial charge on any atom is -0.368 e. The first kappa shape index (κ1) is 14.7. The average molecular weight is 324 g/mol. The number of piperazine rings is 1. The second-order valence-electron chi connectivity index (χ2n) is 5.72. The Morgan fingerprint density at radius 2 is 1.50 bits per heavy atom. The van der Waals surface area contributed by atoms with E-state index in [1.54, 1.807) is 0 Å². The van der Waals surface area contributed by atoms with E-state index in [0.717, 1.165) is 37.4 Å². The lowest BCUT2D eigenvalue weighted by atomic mass is 10.2. The van der Waals surface area contributed by atoms with Gasteiger partial charge in [-0.1, -0.05) is 35.5 Å². The zero-order valence-electron chi connectivity index (χ0n) is 13.1. The third-order valence-electron chi connectivity index (χ3n) is 4.19. The molecule has 0 atom stereocenters. The maximum absolute atomic E-state index is 13.0. The molecule has 0 saturated carbocycles. The van der Waals surface area contributed by atoms with E-state index in [-0.39, 0.29) is 5.82 Å². The summed E-state index contributed by atoms with van der Waals surface area (Å²) >= 11 is 0. The van der Waals surface area contributed by atoms with E-state index in [4.69, 9.17) is 4.52 Å². The third-order valence-corrected chi connectivity index (χ3v) is 4.19. The van der Waals surface area contributed by atoms with Gasteiger partial charge in [-0.25, -0.2) is 4.39 Å². The second-order valence-corrected chi connectivity index (χ2v) is 5.72. The molecule has 0 spiro atoms. The highest BCUT2D eigenvalue weighted by Crippen LogP contribution is 2.22. The summed E-state index contributed by atoms with van der Waals surface area (Å²) in [7, 11) is 0. The van der Waals surface area contributed by atoms with Crippen LogP contribution in [0, 0.1) is 5.82 Å². The standard InChI is InChI=1S/C18H17FN4O/c19-15-6-8-16(9-7-15)22-10-12-23(13-11-22)18-20-17(21-24-18)14-4-2-1-3-5-14/h1-9H,10-13H2. The number of nitrogens with zero attached hydrogens (tertiary/aromatic N) is 4. The molecule has 0 aliphatic carbocycles. The molecule has 0 N–H and O–H groups in total. The molecule has 1 fully saturated rings. The minimum absolute atomic E-state index is 0.211. The number of hydrogen-bond acceptors (Lipinski definition) is 5. The van der Waals surface area contributed by atoms with Crippen LogP contribution in [0.15, 0.2) is 59.1 Å². The molecule has 0 radical (unpaired) electrons. The average Bonchev–Trinajstić information content (AvgIpc) is 3.13. The van der Waals surface area contributed by atoms with Crippen LogP contribution in [0.2, 0.25) is 0 Å². The van der Waals surface area contributed by atoms with Crippen LogP contribution in [0.5, 0.6) is 0 Å². The minimum atomic E-state index is -0.211. The lowest BCUT2D eigenvalue weighted by Gasteiger charge is -2.35. The summed E-state index contributed by atoms with van der Waals surface area (Å²) < 4.78 is 18.4. The molecule has 122 valence electrons. The quantitative estimate of drug-likeness (QED) is 0.740. The van der Waals surface area contributed by atoms with Crippen LogP contribution in [-0.4, -0.2) is 36.3 Å². The van der Waals surface area contributed by atoms with Crippen molar-refractivity contribution in [2.75, 3.05) is 36.0 Å². The first-order valence-corrected chi connectivity index (χ1v) is 7.94. The van der Waals surface area contributed by atoms with Crippen LogP contribution in [0.25, 0.3) is 11.4 Å². The first-order valence-electron chi connectivity index (χ1n) is 7.94. The van der Waals surface area contributed by atoms with Gasteiger partial charge < -0.3 is 14.3 Å².